The molecule has 0 amide bonds. The molecule has 186 valence electrons. The van der Waals surface area contributed by atoms with Gasteiger partial charge in [-0.15, -0.1) is 0 Å². The van der Waals surface area contributed by atoms with Gasteiger partial charge in [0.15, 0.2) is 5.82 Å². The zero-order valence-electron chi connectivity index (χ0n) is 21.2. The van der Waals surface area contributed by atoms with Crippen LogP contribution in [0.15, 0.2) is 24.3 Å². The number of para-hydroxylation sites is 2. The Balaban J connectivity index is 1.19. The maximum atomic E-state index is 5.10. The van der Waals surface area contributed by atoms with E-state index in [0.29, 0.717) is 12.5 Å². The fourth-order valence-electron chi connectivity index (χ4n) is 8.54. The fraction of sp³-hybridized carbons (Fsp3) is 0.690. The summed E-state index contributed by atoms with van der Waals surface area (Å²) in [7, 11) is 0. The van der Waals surface area contributed by atoms with Gasteiger partial charge >= 0.3 is 0 Å². The van der Waals surface area contributed by atoms with Crippen molar-refractivity contribution in [1.82, 2.24) is 29.6 Å². The maximum absolute atomic E-state index is 5.10. The molecule has 2 unspecified atom stereocenters. The van der Waals surface area contributed by atoms with Gasteiger partial charge in [-0.3, -0.25) is 10.00 Å². The Kier molecular flexibility index (Phi) is 5.68. The van der Waals surface area contributed by atoms with Crippen LogP contribution in [-0.4, -0.2) is 47.8 Å². The lowest BCUT2D eigenvalue weighted by Crippen LogP contribution is -2.58. The summed E-state index contributed by atoms with van der Waals surface area (Å²) in [5, 5.41) is 7.45. The molecule has 4 heterocycles. The number of rotatable bonds is 4. The molecule has 7 rings (SSSR count). The first kappa shape index (κ1) is 22.0. The predicted molar refractivity (Wildman–Crippen MR) is 138 cm³/mol. The number of fused-ring (bicyclic) bond motifs is 5. The molecule has 1 N–H and O–H groups in total. The van der Waals surface area contributed by atoms with Crippen molar-refractivity contribution in [3.8, 4) is 0 Å². The number of aryl methyl sites for hydroxylation is 1. The Morgan fingerprint density at radius 2 is 1.54 bits per heavy atom. The van der Waals surface area contributed by atoms with Gasteiger partial charge in [0.25, 0.3) is 0 Å². The van der Waals surface area contributed by atoms with Crippen molar-refractivity contribution in [1.29, 1.82) is 0 Å². The predicted octanol–water partition coefficient (Wildman–Crippen LogP) is 5.97. The molecule has 6 heteroatoms. The summed E-state index contributed by atoms with van der Waals surface area (Å²) >= 11 is 0. The van der Waals surface area contributed by atoms with Gasteiger partial charge in [0.2, 0.25) is 0 Å². The van der Waals surface area contributed by atoms with Gasteiger partial charge < -0.3 is 4.57 Å². The topological polar surface area (TPSA) is 62.6 Å². The van der Waals surface area contributed by atoms with Gasteiger partial charge in [-0.1, -0.05) is 44.2 Å². The van der Waals surface area contributed by atoms with Crippen molar-refractivity contribution < 1.29 is 0 Å². The van der Waals surface area contributed by atoms with E-state index in [1.165, 1.54) is 82.6 Å². The first-order valence-electron chi connectivity index (χ1n) is 14.3. The lowest BCUT2D eigenvalue weighted by atomic mass is 9.73. The van der Waals surface area contributed by atoms with E-state index in [4.69, 9.17) is 4.98 Å². The Labute approximate surface area is 208 Å². The lowest BCUT2D eigenvalue weighted by molar-refractivity contribution is -0.0419. The molecular weight excluding hydrogens is 432 g/mol. The molecule has 6 atom stereocenters. The van der Waals surface area contributed by atoms with Gasteiger partial charge in [-0.05, 0) is 75.8 Å². The zero-order valence-corrected chi connectivity index (χ0v) is 21.2. The second kappa shape index (κ2) is 9.02. The molecule has 2 saturated carbocycles. The van der Waals surface area contributed by atoms with Crippen molar-refractivity contribution in [3.05, 3.63) is 41.7 Å². The third-order valence-electron chi connectivity index (χ3n) is 9.77. The molecule has 6 nitrogen and oxygen atoms in total. The smallest absolute Gasteiger partial charge is 0.158 e. The number of benzene rings is 1. The van der Waals surface area contributed by atoms with E-state index in [0.717, 1.165) is 53.0 Å². The number of aromatic amines is 1. The average Bonchev–Trinajstić information content (AvgIpc) is 3.38. The second-order valence-electron chi connectivity index (χ2n) is 12.1. The minimum atomic E-state index is 0.523. The Morgan fingerprint density at radius 1 is 0.800 bits per heavy atom. The van der Waals surface area contributed by atoms with Crippen LogP contribution in [0.1, 0.15) is 101 Å². The molecular formula is C29H40N6. The molecule has 2 saturated heterocycles. The minimum absolute atomic E-state index is 0.523. The number of nitrogens with zero attached hydrogens (tertiary/aromatic N) is 5. The van der Waals surface area contributed by atoms with Gasteiger partial charge in [0.05, 0.1) is 17.5 Å². The first-order chi connectivity index (χ1) is 17.2. The highest BCUT2D eigenvalue weighted by Gasteiger charge is 2.45. The number of nitrogens with one attached hydrogen (secondary N) is 1. The SMILES string of the molecule is Cc1nc(Cc2nc3ccccc3n2C2C[C@H]3CCC[C@@H](C2)N3C2C[C@H]3CCCC[C@@H](C2)C3)n[nH]1. The van der Waals surface area contributed by atoms with Crippen LogP contribution in [0.3, 0.4) is 0 Å². The standard InChI is InChI=1S/C29H40N6/c1-19-30-28(33-32-19)18-29-31-26-11-4-5-12-27(26)35(29)25-16-22-9-6-10-23(17-25)34(22)24-14-20-7-2-3-8-21(13-20)15-24/h4-5,11-12,20-25H,2-3,6-10,13-18H2,1H3,(H,30,32,33)/t20-,21+,22-,23+,24?,25?. The third-order valence-corrected chi connectivity index (χ3v) is 9.77. The van der Waals surface area contributed by atoms with E-state index in [1.54, 1.807) is 0 Å². The number of hydrogen-bond donors (Lipinski definition) is 1. The monoisotopic (exact) mass is 472 g/mol. The molecule has 2 aliphatic heterocycles. The van der Waals surface area contributed by atoms with Crippen LogP contribution in [0.25, 0.3) is 11.0 Å². The van der Waals surface area contributed by atoms with Crippen LogP contribution in [0.5, 0.6) is 0 Å². The molecule has 2 aliphatic carbocycles. The largest absolute Gasteiger partial charge is 0.324 e. The van der Waals surface area contributed by atoms with Crippen LogP contribution >= 0.6 is 0 Å². The van der Waals surface area contributed by atoms with Gasteiger partial charge in [0, 0.05) is 24.2 Å². The lowest BCUT2D eigenvalue weighted by Gasteiger charge is -2.54. The molecule has 4 fully saturated rings. The normalized spacial score (nSPS) is 33.6. The van der Waals surface area contributed by atoms with Crippen molar-refractivity contribution in [2.24, 2.45) is 11.8 Å². The van der Waals surface area contributed by atoms with Crippen LogP contribution in [0, 0.1) is 18.8 Å². The average molecular weight is 473 g/mol. The highest BCUT2D eigenvalue weighted by Crippen LogP contribution is 2.47. The summed E-state index contributed by atoms with van der Waals surface area (Å²) in [6.45, 7) is 1.97. The first-order valence-corrected chi connectivity index (χ1v) is 14.3. The van der Waals surface area contributed by atoms with Crippen molar-refractivity contribution in [3.63, 3.8) is 0 Å². The van der Waals surface area contributed by atoms with Crippen molar-refractivity contribution in [2.45, 2.75) is 115 Å². The molecule has 4 bridgehead atoms. The molecule has 0 spiro atoms. The van der Waals surface area contributed by atoms with E-state index in [1.807, 2.05) is 6.92 Å². The van der Waals surface area contributed by atoms with Gasteiger partial charge in [-0.2, -0.15) is 5.10 Å². The number of H-pyrrole nitrogens is 1. The molecule has 35 heavy (non-hydrogen) atoms. The second-order valence-corrected chi connectivity index (χ2v) is 12.1. The van der Waals surface area contributed by atoms with E-state index in [2.05, 4.69) is 48.9 Å². The summed E-state index contributed by atoms with van der Waals surface area (Å²) in [4.78, 5) is 12.8. The number of aromatic nitrogens is 5. The van der Waals surface area contributed by atoms with Gasteiger partial charge in [0.1, 0.15) is 11.6 Å². The van der Waals surface area contributed by atoms with Crippen LogP contribution in [-0.2, 0) is 6.42 Å². The van der Waals surface area contributed by atoms with Crippen LogP contribution in [0.4, 0.5) is 0 Å². The minimum Gasteiger partial charge on any atom is -0.324 e. The summed E-state index contributed by atoms with van der Waals surface area (Å²) in [5.41, 5.74) is 2.40. The summed E-state index contributed by atoms with van der Waals surface area (Å²) in [6, 6.07) is 11.5. The van der Waals surface area contributed by atoms with E-state index in [9.17, 15) is 0 Å². The Bertz CT molecular complexity index is 1150. The van der Waals surface area contributed by atoms with Gasteiger partial charge in [-0.25, -0.2) is 9.97 Å². The van der Waals surface area contributed by atoms with E-state index < -0.39 is 0 Å². The highest BCUT2D eigenvalue weighted by atomic mass is 15.3. The van der Waals surface area contributed by atoms with Crippen molar-refractivity contribution >= 4 is 11.0 Å². The van der Waals surface area contributed by atoms with E-state index in [-0.39, 0.29) is 0 Å². The Hall–Kier alpha value is -2.21. The number of piperidine rings is 2. The van der Waals surface area contributed by atoms with Crippen molar-refractivity contribution in [2.75, 3.05) is 0 Å². The quantitative estimate of drug-likeness (QED) is 0.508. The molecule has 3 aromatic rings. The van der Waals surface area contributed by atoms with Crippen LogP contribution < -0.4 is 0 Å². The zero-order chi connectivity index (χ0) is 23.4. The highest BCUT2D eigenvalue weighted by molar-refractivity contribution is 5.76. The molecule has 1 aromatic carbocycles. The third kappa shape index (κ3) is 4.12. The fourth-order valence-corrected chi connectivity index (χ4v) is 8.54. The summed E-state index contributed by atoms with van der Waals surface area (Å²) in [6.07, 6.45) is 17.8. The van der Waals surface area contributed by atoms with E-state index >= 15 is 0 Å². The number of hydrogen-bond acceptors (Lipinski definition) is 4. The van der Waals surface area contributed by atoms with Crippen LogP contribution in [0.2, 0.25) is 0 Å². The molecule has 0 radical (unpaired) electrons. The number of imidazole rings is 1. The molecule has 2 aromatic heterocycles. The Morgan fingerprint density at radius 3 is 2.26 bits per heavy atom. The molecule has 4 aliphatic rings. The summed E-state index contributed by atoms with van der Waals surface area (Å²) < 4.78 is 2.59. The maximum Gasteiger partial charge on any atom is 0.158 e. The summed E-state index contributed by atoms with van der Waals surface area (Å²) in [5.74, 6) is 4.84.